The van der Waals surface area contributed by atoms with Crippen LogP contribution in [-0.4, -0.2) is 64.3 Å². The molecule has 10 nitrogen and oxygen atoms in total. The van der Waals surface area contributed by atoms with Crippen molar-refractivity contribution in [3.8, 4) is 0 Å². The molecule has 4 aliphatic carbocycles. The van der Waals surface area contributed by atoms with Crippen molar-refractivity contribution in [1.29, 1.82) is 0 Å². The number of nitrogens with zero attached hydrogens (tertiary/aromatic N) is 5. The number of rotatable bonds is 6. The van der Waals surface area contributed by atoms with Crippen LogP contribution in [0.5, 0.6) is 0 Å². The summed E-state index contributed by atoms with van der Waals surface area (Å²) in [5.74, 6) is 0.0672. The van der Waals surface area contributed by atoms with Crippen molar-refractivity contribution >= 4 is 41.1 Å². The van der Waals surface area contributed by atoms with Gasteiger partial charge in [0.15, 0.2) is 17.2 Å². The number of alkyl halides is 1. The van der Waals surface area contributed by atoms with Gasteiger partial charge in [-0.2, -0.15) is 0 Å². The molecule has 3 aromatic rings. The number of ether oxygens (including phenoxy) is 1. The van der Waals surface area contributed by atoms with Crippen molar-refractivity contribution in [3.63, 3.8) is 0 Å². The fourth-order valence-electron chi connectivity index (χ4n) is 6.90. The second-order valence-corrected chi connectivity index (χ2v) is 13.1. The maximum Gasteiger partial charge on any atom is 0.414 e. The van der Waals surface area contributed by atoms with Crippen molar-refractivity contribution in [3.05, 3.63) is 47.3 Å². The van der Waals surface area contributed by atoms with Crippen LogP contribution in [0.1, 0.15) is 68.1 Å². The molecule has 214 valence electrons. The van der Waals surface area contributed by atoms with Crippen LogP contribution in [0, 0.1) is 5.41 Å². The van der Waals surface area contributed by atoms with Crippen LogP contribution in [0.4, 0.5) is 26.4 Å². The van der Waals surface area contributed by atoms with Crippen LogP contribution in [0.25, 0.3) is 5.65 Å². The lowest BCUT2D eigenvalue weighted by Crippen LogP contribution is -2.65. The lowest BCUT2D eigenvalue weighted by atomic mass is 9.34. The average Bonchev–Trinajstić information content (AvgIpc) is 3.25. The molecule has 2 aromatic heterocycles. The number of nitrogens with one attached hydrogen (secondary N) is 1. The zero-order valence-electron chi connectivity index (χ0n) is 23.6. The molecule has 0 saturated heterocycles. The van der Waals surface area contributed by atoms with E-state index in [1.54, 1.807) is 33.9 Å². The molecule has 3 heterocycles. The number of carbonyl (C=O) groups excluding carboxylic acids is 3. The maximum atomic E-state index is 13.6. The lowest BCUT2D eigenvalue weighted by molar-refractivity contribution is -0.159. The molecule has 2 bridgehead atoms. The van der Waals surface area contributed by atoms with E-state index < -0.39 is 29.8 Å². The van der Waals surface area contributed by atoms with Crippen molar-refractivity contribution in [2.45, 2.75) is 76.1 Å². The van der Waals surface area contributed by atoms with E-state index in [2.05, 4.69) is 27.3 Å². The largest absolute Gasteiger partial charge is 0.443 e. The molecule has 41 heavy (non-hydrogen) atoms. The Labute approximate surface area is 236 Å². The monoisotopic (exact) mass is 560 g/mol. The number of carbonyl (C=O) groups is 3. The number of amides is 2. The number of hydrogen-bond donors (Lipinski definition) is 1. The van der Waals surface area contributed by atoms with Gasteiger partial charge in [-0.3, -0.25) is 9.69 Å². The predicted octanol–water partition coefficient (Wildman–Crippen LogP) is 4.26. The highest BCUT2D eigenvalue weighted by atomic mass is 19.1. The zero-order chi connectivity index (χ0) is 28.9. The van der Waals surface area contributed by atoms with Crippen molar-refractivity contribution in [2.75, 3.05) is 23.4 Å². The number of anilines is 3. The molecule has 1 N–H and O–H groups in total. The molecule has 11 heteroatoms. The zero-order valence-corrected chi connectivity index (χ0v) is 23.6. The Kier molecular flexibility index (Phi) is 5.37. The summed E-state index contributed by atoms with van der Waals surface area (Å²) in [5, 5.41) is 7.52. The summed E-state index contributed by atoms with van der Waals surface area (Å²) in [4.78, 5) is 45.6. The van der Waals surface area contributed by atoms with Gasteiger partial charge in [-0.25, -0.2) is 18.7 Å². The molecule has 1 aromatic carbocycles. The Morgan fingerprint density at radius 1 is 1.24 bits per heavy atom. The van der Waals surface area contributed by atoms with Gasteiger partial charge in [-0.1, -0.05) is 12.1 Å². The average molecular weight is 561 g/mol. The second kappa shape index (κ2) is 8.50. The van der Waals surface area contributed by atoms with Gasteiger partial charge in [0.1, 0.15) is 18.1 Å². The first kappa shape index (κ1) is 25.9. The van der Waals surface area contributed by atoms with Gasteiger partial charge >= 0.3 is 6.09 Å². The van der Waals surface area contributed by atoms with Gasteiger partial charge < -0.3 is 19.7 Å². The van der Waals surface area contributed by atoms with Crippen LogP contribution < -0.4 is 15.1 Å². The van der Waals surface area contributed by atoms with Gasteiger partial charge in [0, 0.05) is 37.2 Å². The SMILES string of the molecule is CN(C(=O)OC(C)(C)C)c1cc(N2CCc3c2cccc3C23CC(C=O)(C2)C3)nn2c(C(=O)N[C@@H]3C[C@@H]3F)cnc12. The van der Waals surface area contributed by atoms with E-state index in [0.29, 0.717) is 23.7 Å². The van der Waals surface area contributed by atoms with Crippen LogP contribution in [0.15, 0.2) is 30.5 Å². The Bertz CT molecular complexity index is 1610. The summed E-state index contributed by atoms with van der Waals surface area (Å²) >= 11 is 0. The highest BCUT2D eigenvalue weighted by Gasteiger charge is 2.69. The van der Waals surface area contributed by atoms with Gasteiger partial charge in [0.05, 0.1) is 17.9 Å². The van der Waals surface area contributed by atoms with E-state index in [4.69, 9.17) is 9.84 Å². The number of imidazole rings is 1. The maximum absolute atomic E-state index is 13.6. The fraction of sp³-hybridized carbons (Fsp3) is 0.500. The Morgan fingerprint density at radius 3 is 2.63 bits per heavy atom. The van der Waals surface area contributed by atoms with E-state index >= 15 is 0 Å². The van der Waals surface area contributed by atoms with E-state index in [9.17, 15) is 18.8 Å². The van der Waals surface area contributed by atoms with Crippen molar-refractivity contribution < 1.29 is 23.5 Å². The van der Waals surface area contributed by atoms with Gasteiger partial charge in [-0.15, -0.1) is 5.10 Å². The summed E-state index contributed by atoms with van der Waals surface area (Å²) in [7, 11) is 1.60. The van der Waals surface area contributed by atoms with Gasteiger partial charge in [0.25, 0.3) is 5.91 Å². The Hall–Kier alpha value is -4.02. The molecule has 2 atom stereocenters. The highest BCUT2D eigenvalue weighted by Crippen LogP contribution is 2.73. The van der Waals surface area contributed by atoms with E-state index in [-0.39, 0.29) is 22.9 Å². The van der Waals surface area contributed by atoms with Crippen molar-refractivity contribution in [1.82, 2.24) is 19.9 Å². The molecule has 8 rings (SSSR count). The topological polar surface area (TPSA) is 109 Å². The smallest absolute Gasteiger partial charge is 0.414 e. The molecule has 0 spiro atoms. The Balaban J connectivity index is 1.29. The lowest BCUT2D eigenvalue weighted by Gasteiger charge is -2.69. The normalized spacial score (nSPS) is 27.5. The Morgan fingerprint density at radius 2 is 1.98 bits per heavy atom. The number of aldehydes is 1. The molecule has 1 aliphatic heterocycles. The highest BCUT2D eigenvalue weighted by molar-refractivity contribution is 5.97. The standard InChI is InChI=1S/C30H33FN6O4/c1-28(2,3)41-27(40)35(4)22-11-24(34-37-23(12-32-25(22)37)26(39)33-20-10-19(20)31)36-9-8-17-18(6-5-7-21(17)36)30-13-29(14-30,15-30)16-38/h5-7,11-12,16,19-20H,8-10,13-15H2,1-4H3,(H,33,39)/t19-,20+,29?,30?/m0/s1. The first-order valence-corrected chi connectivity index (χ1v) is 14.1. The summed E-state index contributed by atoms with van der Waals surface area (Å²) in [6.45, 7) is 6.04. The summed E-state index contributed by atoms with van der Waals surface area (Å²) < 4.78 is 20.6. The summed E-state index contributed by atoms with van der Waals surface area (Å²) in [6.07, 6.45) is 4.72. The minimum absolute atomic E-state index is 0.0778. The van der Waals surface area contributed by atoms with Crippen LogP contribution in [-0.2, 0) is 21.4 Å². The van der Waals surface area contributed by atoms with Crippen LogP contribution in [0.2, 0.25) is 0 Å². The van der Waals surface area contributed by atoms with E-state index in [1.165, 1.54) is 26.7 Å². The third-order valence-electron chi connectivity index (χ3n) is 8.92. The molecule has 0 radical (unpaired) electrons. The molecule has 5 aliphatic rings. The number of aromatic nitrogens is 3. The predicted molar refractivity (Wildman–Crippen MR) is 150 cm³/mol. The minimum atomic E-state index is -1.05. The van der Waals surface area contributed by atoms with Crippen LogP contribution >= 0.6 is 0 Å². The second-order valence-electron chi connectivity index (χ2n) is 13.1. The number of hydrogen-bond acceptors (Lipinski definition) is 7. The third kappa shape index (κ3) is 3.99. The number of fused-ring (bicyclic) bond motifs is 2. The van der Waals surface area contributed by atoms with Crippen molar-refractivity contribution in [2.24, 2.45) is 5.41 Å². The number of halogens is 1. The molecule has 4 fully saturated rings. The first-order chi connectivity index (χ1) is 19.4. The summed E-state index contributed by atoms with van der Waals surface area (Å²) in [5.41, 5.74) is 3.71. The molecule has 4 saturated carbocycles. The van der Waals surface area contributed by atoms with Crippen LogP contribution in [0.3, 0.4) is 0 Å². The first-order valence-electron chi connectivity index (χ1n) is 14.1. The minimum Gasteiger partial charge on any atom is -0.443 e. The third-order valence-corrected chi connectivity index (χ3v) is 8.92. The molecule has 0 unspecified atom stereocenters. The molecular formula is C30H33FN6O4. The molecule has 2 amide bonds. The summed E-state index contributed by atoms with van der Waals surface area (Å²) in [6, 6.07) is 7.57. The quantitative estimate of drug-likeness (QED) is 0.449. The van der Waals surface area contributed by atoms with E-state index in [0.717, 1.165) is 37.7 Å². The van der Waals surface area contributed by atoms with E-state index in [1.807, 2.05) is 6.07 Å². The van der Waals surface area contributed by atoms with Gasteiger partial charge in [-0.05, 0) is 69.1 Å². The fourth-order valence-corrected chi connectivity index (χ4v) is 6.90. The van der Waals surface area contributed by atoms with Gasteiger partial charge in [0.2, 0.25) is 0 Å². The number of benzene rings is 1. The molecular weight excluding hydrogens is 527 g/mol.